The number of likely N-dealkylation sites (N-methyl/N-ethyl adjacent to an activating group) is 1. The fraction of sp³-hybridized carbons (Fsp3) is 0.400. The molecule has 0 bridgehead atoms. The average molecular weight is 390 g/mol. The first-order chi connectivity index (χ1) is 12.8. The summed E-state index contributed by atoms with van der Waals surface area (Å²) in [5, 5.41) is 0. The summed E-state index contributed by atoms with van der Waals surface area (Å²) in [6, 6.07) is 11.8. The SMILES string of the molecule is CCN(CC)C(=O)Cc1cccc(NS(=O)(=O)c2ccc(C(C)C)cc2)n1. The van der Waals surface area contributed by atoms with Gasteiger partial charge >= 0.3 is 0 Å². The van der Waals surface area contributed by atoms with Crippen molar-refractivity contribution >= 4 is 21.7 Å². The topological polar surface area (TPSA) is 79.4 Å². The quantitative estimate of drug-likeness (QED) is 0.750. The van der Waals surface area contributed by atoms with Gasteiger partial charge in [0, 0.05) is 13.1 Å². The molecule has 0 aliphatic rings. The van der Waals surface area contributed by atoms with Gasteiger partial charge < -0.3 is 4.90 Å². The lowest BCUT2D eigenvalue weighted by atomic mass is 10.0. The molecule has 27 heavy (non-hydrogen) atoms. The molecular formula is C20H27N3O3S. The number of carbonyl (C=O) groups is 1. The predicted octanol–water partition coefficient (Wildman–Crippen LogP) is 3.42. The second-order valence-electron chi connectivity index (χ2n) is 6.59. The largest absolute Gasteiger partial charge is 0.343 e. The Hall–Kier alpha value is -2.41. The van der Waals surface area contributed by atoms with Crippen molar-refractivity contribution in [2.24, 2.45) is 0 Å². The Morgan fingerprint density at radius 1 is 1.07 bits per heavy atom. The van der Waals surface area contributed by atoms with Crippen LogP contribution in [0.1, 0.15) is 44.9 Å². The van der Waals surface area contributed by atoms with Crippen LogP contribution in [0.4, 0.5) is 5.82 Å². The molecule has 146 valence electrons. The third-order valence-corrected chi connectivity index (χ3v) is 5.72. The molecule has 0 aliphatic heterocycles. The van der Waals surface area contributed by atoms with Gasteiger partial charge in [0.25, 0.3) is 10.0 Å². The van der Waals surface area contributed by atoms with Crippen LogP contribution in [0.25, 0.3) is 0 Å². The van der Waals surface area contributed by atoms with E-state index >= 15 is 0 Å². The summed E-state index contributed by atoms with van der Waals surface area (Å²) in [5.41, 5.74) is 1.60. The number of amides is 1. The molecule has 1 aromatic heterocycles. The molecule has 0 atom stereocenters. The molecule has 0 radical (unpaired) electrons. The van der Waals surface area contributed by atoms with Crippen molar-refractivity contribution in [1.29, 1.82) is 0 Å². The second kappa shape index (κ2) is 8.99. The zero-order chi connectivity index (χ0) is 20.0. The first-order valence-electron chi connectivity index (χ1n) is 9.13. The molecule has 0 fully saturated rings. The van der Waals surface area contributed by atoms with E-state index in [4.69, 9.17) is 0 Å². The van der Waals surface area contributed by atoms with Crippen molar-refractivity contribution in [3.8, 4) is 0 Å². The molecule has 1 N–H and O–H groups in total. The smallest absolute Gasteiger partial charge is 0.263 e. The Morgan fingerprint density at radius 2 is 1.70 bits per heavy atom. The van der Waals surface area contributed by atoms with Crippen LogP contribution in [0.2, 0.25) is 0 Å². The Balaban J connectivity index is 2.15. The van der Waals surface area contributed by atoms with Crippen molar-refractivity contribution in [3.63, 3.8) is 0 Å². The zero-order valence-corrected chi connectivity index (χ0v) is 17.1. The van der Waals surface area contributed by atoms with E-state index in [1.165, 1.54) is 0 Å². The first-order valence-corrected chi connectivity index (χ1v) is 10.6. The van der Waals surface area contributed by atoms with E-state index in [2.05, 4.69) is 23.6 Å². The van der Waals surface area contributed by atoms with Gasteiger partial charge in [-0.2, -0.15) is 0 Å². The van der Waals surface area contributed by atoms with Crippen LogP contribution < -0.4 is 4.72 Å². The normalized spacial score (nSPS) is 11.4. The van der Waals surface area contributed by atoms with Gasteiger partial charge in [0.2, 0.25) is 5.91 Å². The van der Waals surface area contributed by atoms with E-state index in [-0.39, 0.29) is 23.0 Å². The highest BCUT2D eigenvalue weighted by Crippen LogP contribution is 2.19. The highest BCUT2D eigenvalue weighted by molar-refractivity contribution is 7.92. The van der Waals surface area contributed by atoms with Crippen LogP contribution >= 0.6 is 0 Å². The van der Waals surface area contributed by atoms with Gasteiger partial charge in [-0.05, 0) is 49.6 Å². The summed E-state index contributed by atoms with van der Waals surface area (Å²) in [5.74, 6) is 0.501. The van der Waals surface area contributed by atoms with E-state index in [1.54, 1.807) is 35.2 Å². The Kier molecular flexibility index (Phi) is 6.96. The molecule has 1 heterocycles. The molecule has 0 saturated heterocycles. The number of aromatic nitrogens is 1. The molecule has 0 aliphatic carbocycles. The van der Waals surface area contributed by atoms with E-state index < -0.39 is 10.0 Å². The molecule has 2 rings (SSSR count). The van der Waals surface area contributed by atoms with Gasteiger partial charge in [-0.3, -0.25) is 9.52 Å². The van der Waals surface area contributed by atoms with Crippen molar-refractivity contribution in [2.75, 3.05) is 17.8 Å². The highest BCUT2D eigenvalue weighted by Gasteiger charge is 2.16. The molecule has 1 aromatic carbocycles. The van der Waals surface area contributed by atoms with Gasteiger partial charge in [0.05, 0.1) is 17.0 Å². The van der Waals surface area contributed by atoms with Crippen LogP contribution in [0.5, 0.6) is 0 Å². The monoisotopic (exact) mass is 389 g/mol. The number of nitrogens with one attached hydrogen (secondary N) is 1. The van der Waals surface area contributed by atoms with Crippen LogP contribution in [0, 0.1) is 0 Å². The Bertz CT molecular complexity index is 874. The standard InChI is InChI=1S/C20H27N3O3S/c1-5-23(6-2)20(24)14-17-8-7-9-19(21-17)22-27(25,26)18-12-10-16(11-13-18)15(3)4/h7-13,15H,5-6,14H2,1-4H3,(H,21,22). The van der Waals surface area contributed by atoms with Crippen LogP contribution in [0.3, 0.4) is 0 Å². The summed E-state index contributed by atoms with van der Waals surface area (Å²) in [6.07, 6.45) is 0.139. The van der Waals surface area contributed by atoms with Crippen LogP contribution in [-0.4, -0.2) is 37.3 Å². The molecule has 0 unspecified atom stereocenters. The maximum atomic E-state index is 12.6. The molecule has 0 spiro atoms. The van der Waals surface area contributed by atoms with Gasteiger partial charge in [0.15, 0.2) is 0 Å². The predicted molar refractivity (Wildman–Crippen MR) is 107 cm³/mol. The van der Waals surface area contributed by atoms with Crippen molar-refractivity contribution in [2.45, 2.75) is 44.9 Å². The minimum Gasteiger partial charge on any atom is -0.343 e. The number of hydrogen-bond donors (Lipinski definition) is 1. The number of anilines is 1. The van der Waals surface area contributed by atoms with Gasteiger partial charge in [-0.15, -0.1) is 0 Å². The third-order valence-electron chi connectivity index (χ3n) is 4.35. The number of hydrogen-bond acceptors (Lipinski definition) is 4. The van der Waals surface area contributed by atoms with Crippen LogP contribution in [0.15, 0.2) is 47.4 Å². The number of sulfonamides is 1. The first kappa shape index (κ1) is 20.9. The van der Waals surface area contributed by atoms with Crippen molar-refractivity contribution in [3.05, 3.63) is 53.7 Å². The fourth-order valence-corrected chi connectivity index (χ4v) is 3.71. The number of benzene rings is 1. The van der Waals surface area contributed by atoms with Crippen molar-refractivity contribution in [1.82, 2.24) is 9.88 Å². The number of pyridine rings is 1. The summed E-state index contributed by atoms with van der Waals surface area (Å²) in [6.45, 7) is 9.21. The molecule has 0 saturated carbocycles. The minimum atomic E-state index is -3.73. The lowest BCUT2D eigenvalue weighted by molar-refractivity contribution is -0.130. The lowest BCUT2D eigenvalue weighted by Gasteiger charge is -2.18. The van der Waals surface area contributed by atoms with Gasteiger partial charge in [0.1, 0.15) is 5.82 Å². The van der Waals surface area contributed by atoms with E-state index in [9.17, 15) is 13.2 Å². The second-order valence-corrected chi connectivity index (χ2v) is 8.27. The molecule has 2 aromatic rings. The highest BCUT2D eigenvalue weighted by atomic mass is 32.2. The van der Waals surface area contributed by atoms with Gasteiger partial charge in [-0.1, -0.05) is 32.0 Å². The lowest BCUT2D eigenvalue weighted by Crippen LogP contribution is -2.32. The Labute approximate surface area is 161 Å². The molecule has 6 nitrogen and oxygen atoms in total. The average Bonchev–Trinajstić information content (AvgIpc) is 2.62. The number of nitrogens with zero attached hydrogens (tertiary/aromatic N) is 2. The molecular weight excluding hydrogens is 362 g/mol. The fourth-order valence-electron chi connectivity index (χ4n) is 2.71. The van der Waals surface area contributed by atoms with E-state index in [1.807, 2.05) is 26.0 Å². The van der Waals surface area contributed by atoms with E-state index in [0.29, 0.717) is 24.7 Å². The summed E-state index contributed by atoms with van der Waals surface area (Å²) in [4.78, 5) is 18.4. The van der Waals surface area contributed by atoms with Gasteiger partial charge in [-0.25, -0.2) is 13.4 Å². The Morgan fingerprint density at radius 3 is 2.26 bits per heavy atom. The van der Waals surface area contributed by atoms with Crippen LogP contribution in [-0.2, 0) is 21.2 Å². The summed E-state index contributed by atoms with van der Waals surface area (Å²) in [7, 11) is -3.73. The zero-order valence-electron chi connectivity index (χ0n) is 16.3. The minimum absolute atomic E-state index is 0.0308. The molecule has 7 heteroatoms. The number of carbonyl (C=O) groups excluding carboxylic acids is 1. The maximum absolute atomic E-state index is 12.6. The maximum Gasteiger partial charge on any atom is 0.263 e. The number of rotatable bonds is 8. The summed E-state index contributed by atoms with van der Waals surface area (Å²) >= 11 is 0. The molecule has 1 amide bonds. The van der Waals surface area contributed by atoms with E-state index in [0.717, 1.165) is 5.56 Å². The van der Waals surface area contributed by atoms with Crippen molar-refractivity contribution < 1.29 is 13.2 Å². The third kappa shape index (κ3) is 5.53. The summed E-state index contributed by atoms with van der Waals surface area (Å²) < 4.78 is 27.7.